The lowest BCUT2D eigenvalue weighted by atomic mass is 10.2. The van der Waals surface area contributed by atoms with Gasteiger partial charge in [0.1, 0.15) is 0 Å². The van der Waals surface area contributed by atoms with Gasteiger partial charge in [0.05, 0.1) is 6.10 Å². The van der Waals surface area contributed by atoms with Crippen LogP contribution >= 0.6 is 11.8 Å². The van der Waals surface area contributed by atoms with Gasteiger partial charge < -0.3 is 9.84 Å². The van der Waals surface area contributed by atoms with Crippen LogP contribution in [-0.4, -0.2) is 29.0 Å². The highest BCUT2D eigenvalue weighted by Gasteiger charge is 2.12. The summed E-state index contributed by atoms with van der Waals surface area (Å²) >= 11 is 1.76. The third-order valence-corrected chi connectivity index (χ3v) is 2.65. The maximum atomic E-state index is 9.14. The van der Waals surface area contributed by atoms with E-state index < -0.39 is 6.29 Å². The highest BCUT2D eigenvalue weighted by molar-refractivity contribution is 7.99. The Hall–Kier alpha value is 0.270. The Bertz CT molecular complexity index is 87.6. The van der Waals surface area contributed by atoms with Crippen LogP contribution in [0.15, 0.2) is 0 Å². The Morgan fingerprint density at radius 1 is 1.60 bits per heavy atom. The van der Waals surface area contributed by atoms with E-state index in [-0.39, 0.29) is 6.10 Å². The van der Waals surface area contributed by atoms with Gasteiger partial charge in [0.2, 0.25) is 0 Å². The van der Waals surface area contributed by atoms with Crippen LogP contribution in [0.1, 0.15) is 19.8 Å². The number of thioether (sulfide) groups is 1. The van der Waals surface area contributed by atoms with Gasteiger partial charge in [-0.2, -0.15) is 11.8 Å². The predicted molar refractivity (Wildman–Crippen MR) is 43.1 cm³/mol. The molecule has 10 heavy (non-hydrogen) atoms. The summed E-state index contributed by atoms with van der Waals surface area (Å²) in [7, 11) is 0. The minimum Gasteiger partial charge on any atom is -0.367 e. The van der Waals surface area contributed by atoms with Crippen LogP contribution < -0.4 is 0 Å². The van der Waals surface area contributed by atoms with Gasteiger partial charge in [-0.15, -0.1) is 0 Å². The molecule has 0 spiro atoms. The second-order valence-corrected chi connectivity index (χ2v) is 3.77. The minimum absolute atomic E-state index is 0.232. The molecule has 1 heterocycles. The summed E-state index contributed by atoms with van der Waals surface area (Å²) in [5.41, 5.74) is 0. The first-order valence-corrected chi connectivity index (χ1v) is 4.86. The largest absolute Gasteiger partial charge is 0.367 e. The number of ether oxygens (including phenoxy) is 1. The van der Waals surface area contributed by atoms with Gasteiger partial charge in [0.15, 0.2) is 6.29 Å². The van der Waals surface area contributed by atoms with Gasteiger partial charge in [0, 0.05) is 5.75 Å². The summed E-state index contributed by atoms with van der Waals surface area (Å²) in [6.07, 6.45) is 1.97. The Kier molecular flexibility index (Phi) is 3.52. The predicted octanol–water partition coefficient (Wildman–Crippen LogP) is 1.24. The van der Waals surface area contributed by atoms with Crippen molar-refractivity contribution in [3.05, 3.63) is 0 Å². The van der Waals surface area contributed by atoms with Crippen molar-refractivity contribution in [2.45, 2.75) is 32.2 Å². The fourth-order valence-electron chi connectivity index (χ4n) is 1.03. The fraction of sp³-hybridized carbons (Fsp3) is 1.00. The molecule has 2 nitrogen and oxygen atoms in total. The molecule has 1 aliphatic rings. The first kappa shape index (κ1) is 8.37. The van der Waals surface area contributed by atoms with Crippen LogP contribution in [0.25, 0.3) is 0 Å². The Morgan fingerprint density at radius 3 is 3.20 bits per heavy atom. The maximum Gasteiger partial charge on any atom is 0.163 e. The van der Waals surface area contributed by atoms with Crippen molar-refractivity contribution in [3.8, 4) is 0 Å². The lowest BCUT2D eigenvalue weighted by Gasteiger charge is -2.20. The van der Waals surface area contributed by atoms with Crippen molar-refractivity contribution in [3.63, 3.8) is 0 Å². The molecule has 1 fully saturated rings. The van der Waals surface area contributed by atoms with E-state index >= 15 is 0 Å². The maximum absolute atomic E-state index is 9.14. The van der Waals surface area contributed by atoms with Crippen LogP contribution in [0.2, 0.25) is 0 Å². The van der Waals surface area contributed by atoms with Gasteiger partial charge in [-0.3, -0.25) is 0 Å². The molecule has 0 saturated carbocycles. The van der Waals surface area contributed by atoms with Crippen LogP contribution in [0, 0.1) is 0 Å². The molecule has 1 saturated heterocycles. The van der Waals surface area contributed by atoms with Crippen molar-refractivity contribution < 1.29 is 9.84 Å². The molecule has 1 aliphatic heterocycles. The molecular weight excluding hydrogens is 148 g/mol. The first-order chi connectivity index (χ1) is 4.79. The summed E-state index contributed by atoms with van der Waals surface area (Å²) in [4.78, 5) is 0. The molecule has 1 rings (SSSR count). The van der Waals surface area contributed by atoms with Crippen molar-refractivity contribution in [2.75, 3.05) is 11.5 Å². The van der Waals surface area contributed by atoms with E-state index in [2.05, 4.69) is 0 Å². The molecule has 0 aromatic carbocycles. The topological polar surface area (TPSA) is 29.5 Å². The monoisotopic (exact) mass is 162 g/mol. The molecule has 2 unspecified atom stereocenters. The fourth-order valence-corrected chi connectivity index (χ4v) is 1.85. The normalized spacial score (nSPS) is 36.6. The summed E-state index contributed by atoms with van der Waals surface area (Å²) < 4.78 is 5.23. The zero-order valence-electron chi connectivity index (χ0n) is 6.25. The van der Waals surface area contributed by atoms with E-state index in [0.717, 1.165) is 17.9 Å². The van der Waals surface area contributed by atoms with Crippen molar-refractivity contribution >= 4 is 11.8 Å². The van der Waals surface area contributed by atoms with Crippen LogP contribution in [0.5, 0.6) is 0 Å². The standard InChI is InChI=1S/C7H14O2S/c1-6-3-2-4-10-5-7(8)9-6/h6-8H,2-5H2,1H3. The molecular formula is C7H14O2S. The average molecular weight is 162 g/mol. The minimum atomic E-state index is -0.541. The van der Waals surface area contributed by atoms with E-state index in [4.69, 9.17) is 9.84 Å². The van der Waals surface area contributed by atoms with Gasteiger partial charge >= 0.3 is 0 Å². The third-order valence-electron chi connectivity index (χ3n) is 1.55. The molecule has 0 aromatic rings. The molecule has 0 amide bonds. The molecule has 2 atom stereocenters. The molecule has 60 valence electrons. The van der Waals surface area contributed by atoms with Gasteiger partial charge in [-0.05, 0) is 25.5 Å². The van der Waals surface area contributed by atoms with Crippen molar-refractivity contribution in [1.82, 2.24) is 0 Å². The van der Waals surface area contributed by atoms with Crippen LogP contribution in [-0.2, 0) is 4.74 Å². The van der Waals surface area contributed by atoms with Gasteiger partial charge in [-0.25, -0.2) is 0 Å². The van der Waals surface area contributed by atoms with E-state index in [1.54, 1.807) is 11.8 Å². The Labute approximate surface area is 66.0 Å². The van der Waals surface area contributed by atoms with E-state index in [9.17, 15) is 0 Å². The average Bonchev–Trinajstić information content (AvgIpc) is 1.83. The summed E-state index contributed by atoms with van der Waals surface area (Å²) in [6.45, 7) is 2.01. The molecule has 0 radical (unpaired) electrons. The highest BCUT2D eigenvalue weighted by atomic mass is 32.2. The number of aliphatic hydroxyl groups is 1. The first-order valence-electron chi connectivity index (χ1n) is 3.70. The molecule has 0 aliphatic carbocycles. The molecule has 1 N–H and O–H groups in total. The molecule has 0 bridgehead atoms. The Balaban J connectivity index is 2.25. The van der Waals surface area contributed by atoms with Crippen molar-refractivity contribution in [2.24, 2.45) is 0 Å². The van der Waals surface area contributed by atoms with Crippen LogP contribution in [0.4, 0.5) is 0 Å². The second kappa shape index (κ2) is 4.21. The lowest BCUT2D eigenvalue weighted by Crippen LogP contribution is -2.23. The summed E-state index contributed by atoms with van der Waals surface area (Å²) in [5.74, 6) is 1.88. The summed E-state index contributed by atoms with van der Waals surface area (Å²) in [6, 6.07) is 0. The SMILES string of the molecule is CC1CCCSCC(O)O1. The lowest BCUT2D eigenvalue weighted by molar-refractivity contribution is -0.117. The van der Waals surface area contributed by atoms with Crippen LogP contribution in [0.3, 0.4) is 0 Å². The van der Waals surface area contributed by atoms with Gasteiger partial charge in [-0.1, -0.05) is 0 Å². The Morgan fingerprint density at radius 2 is 2.40 bits per heavy atom. The molecule has 3 heteroatoms. The number of hydrogen-bond acceptors (Lipinski definition) is 3. The highest BCUT2D eigenvalue weighted by Crippen LogP contribution is 2.15. The van der Waals surface area contributed by atoms with Gasteiger partial charge in [0.25, 0.3) is 0 Å². The zero-order chi connectivity index (χ0) is 7.40. The third kappa shape index (κ3) is 2.90. The van der Waals surface area contributed by atoms with E-state index in [1.807, 2.05) is 6.92 Å². The molecule has 0 aromatic heterocycles. The smallest absolute Gasteiger partial charge is 0.163 e. The quantitative estimate of drug-likeness (QED) is 0.581. The zero-order valence-corrected chi connectivity index (χ0v) is 7.06. The van der Waals surface area contributed by atoms with E-state index in [1.165, 1.54) is 6.42 Å². The van der Waals surface area contributed by atoms with E-state index in [0.29, 0.717) is 0 Å². The number of hydrogen-bond donors (Lipinski definition) is 1. The second-order valence-electron chi connectivity index (χ2n) is 2.62. The number of aliphatic hydroxyl groups excluding tert-OH is 1. The van der Waals surface area contributed by atoms with Crippen molar-refractivity contribution in [1.29, 1.82) is 0 Å². The summed E-state index contributed by atoms with van der Waals surface area (Å²) in [5, 5.41) is 9.14. The number of rotatable bonds is 0.